The van der Waals surface area contributed by atoms with E-state index in [2.05, 4.69) is 0 Å². The summed E-state index contributed by atoms with van der Waals surface area (Å²) in [7, 11) is 0. The van der Waals surface area contributed by atoms with Crippen LogP contribution in [0.4, 0.5) is 18.9 Å². The SMILES string of the molecule is O=C1c2cccc([N+](=O)[O-])c2C(=O)N1Cc1ccc(C(F)(F)F)cc1. The van der Waals surface area contributed by atoms with E-state index >= 15 is 0 Å². The van der Waals surface area contributed by atoms with Crippen LogP contribution in [-0.4, -0.2) is 21.6 Å². The van der Waals surface area contributed by atoms with Crippen molar-refractivity contribution in [3.05, 3.63) is 74.8 Å². The molecule has 0 N–H and O–H groups in total. The molecule has 0 atom stereocenters. The van der Waals surface area contributed by atoms with E-state index in [0.29, 0.717) is 5.56 Å². The number of benzene rings is 2. The van der Waals surface area contributed by atoms with E-state index in [9.17, 15) is 32.9 Å². The predicted molar refractivity (Wildman–Crippen MR) is 78.7 cm³/mol. The van der Waals surface area contributed by atoms with Crippen molar-refractivity contribution in [2.45, 2.75) is 12.7 Å². The van der Waals surface area contributed by atoms with Gasteiger partial charge in [0.05, 0.1) is 22.6 Å². The fourth-order valence-electron chi connectivity index (χ4n) is 2.59. The Morgan fingerprint density at radius 1 is 1.00 bits per heavy atom. The molecule has 0 bridgehead atoms. The quantitative estimate of drug-likeness (QED) is 0.483. The third-order valence-corrected chi connectivity index (χ3v) is 3.80. The highest BCUT2D eigenvalue weighted by molar-refractivity contribution is 6.23. The van der Waals surface area contributed by atoms with Crippen LogP contribution < -0.4 is 0 Å². The lowest BCUT2D eigenvalue weighted by atomic mass is 10.1. The third-order valence-electron chi connectivity index (χ3n) is 3.80. The van der Waals surface area contributed by atoms with Gasteiger partial charge >= 0.3 is 6.18 Å². The Morgan fingerprint density at radius 2 is 1.64 bits per heavy atom. The molecule has 0 aliphatic carbocycles. The van der Waals surface area contributed by atoms with Gasteiger partial charge in [0.2, 0.25) is 0 Å². The minimum absolute atomic E-state index is 0.0916. The van der Waals surface area contributed by atoms with Gasteiger partial charge in [-0.2, -0.15) is 13.2 Å². The van der Waals surface area contributed by atoms with Crippen LogP contribution in [0.2, 0.25) is 0 Å². The van der Waals surface area contributed by atoms with Crippen molar-refractivity contribution in [1.82, 2.24) is 4.90 Å². The Hall–Kier alpha value is -3.23. The number of alkyl halides is 3. The summed E-state index contributed by atoms with van der Waals surface area (Å²) in [4.78, 5) is 35.7. The Kier molecular flexibility index (Phi) is 3.78. The zero-order chi connectivity index (χ0) is 18.4. The highest BCUT2D eigenvalue weighted by Crippen LogP contribution is 2.32. The molecule has 25 heavy (non-hydrogen) atoms. The number of hydrogen-bond acceptors (Lipinski definition) is 4. The molecular formula is C16H9F3N2O4. The van der Waals surface area contributed by atoms with Crippen molar-refractivity contribution in [3.63, 3.8) is 0 Å². The summed E-state index contributed by atoms with van der Waals surface area (Å²) in [5, 5.41) is 11.0. The lowest BCUT2D eigenvalue weighted by molar-refractivity contribution is -0.385. The fraction of sp³-hybridized carbons (Fsp3) is 0.125. The van der Waals surface area contributed by atoms with Gasteiger partial charge in [-0.3, -0.25) is 24.6 Å². The van der Waals surface area contributed by atoms with Crippen LogP contribution in [0.3, 0.4) is 0 Å². The zero-order valence-electron chi connectivity index (χ0n) is 12.4. The molecule has 0 fully saturated rings. The lowest BCUT2D eigenvalue weighted by Gasteiger charge is -2.14. The number of hydrogen-bond donors (Lipinski definition) is 0. The number of nitro benzene ring substituents is 1. The molecule has 0 saturated carbocycles. The monoisotopic (exact) mass is 350 g/mol. The number of carbonyl (C=O) groups is 2. The molecule has 2 aromatic rings. The zero-order valence-corrected chi connectivity index (χ0v) is 12.4. The maximum Gasteiger partial charge on any atom is 0.416 e. The van der Waals surface area contributed by atoms with Crippen LogP contribution in [0.5, 0.6) is 0 Å². The number of fused-ring (bicyclic) bond motifs is 1. The second-order valence-electron chi connectivity index (χ2n) is 5.35. The molecule has 0 spiro atoms. The van der Waals surface area contributed by atoms with Crippen molar-refractivity contribution < 1.29 is 27.7 Å². The molecule has 2 aromatic carbocycles. The van der Waals surface area contributed by atoms with Crippen molar-refractivity contribution in [2.24, 2.45) is 0 Å². The van der Waals surface area contributed by atoms with Crippen LogP contribution in [-0.2, 0) is 12.7 Å². The minimum Gasteiger partial charge on any atom is -0.270 e. The van der Waals surface area contributed by atoms with E-state index in [0.717, 1.165) is 35.2 Å². The minimum atomic E-state index is -4.49. The van der Waals surface area contributed by atoms with Crippen LogP contribution in [0.15, 0.2) is 42.5 Å². The molecule has 1 aliphatic rings. The summed E-state index contributed by atoms with van der Waals surface area (Å²) >= 11 is 0. The van der Waals surface area contributed by atoms with E-state index < -0.39 is 34.2 Å². The maximum atomic E-state index is 12.6. The standard InChI is InChI=1S/C16H9F3N2O4/c17-16(18,19)10-6-4-9(5-7-10)8-20-14(22)11-2-1-3-12(21(24)25)13(11)15(20)23/h1-7H,8H2. The molecule has 0 radical (unpaired) electrons. The first-order valence-corrected chi connectivity index (χ1v) is 7.00. The largest absolute Gasteiger partial charge is 0.416 e. The summed E-state index contributed by atoms with van der Waals surface area (Å²) < 4.78 is 37.7. The molecule has 0 saturated heterocycles. The van der Waals surface area contributed by atoms with Gasteiger partial charge in [0, 0.05) is 6.07 Å². The third kappa shape index (κ3) is 2.84. The molecular weight excluding hydrogens is 341 g/mol. The van der Waals surface area contributed by atoms with Crippen LogP contribution in [0, 0.1) is 10.1 Å². The molecule has 1 aliphatic heterocycles. The summed E-state index contributed by atoms with van der Waals surface area (Å²) in [6, 6.07) is 7.71. The van der Waals surface area contributed by atoms with Gasteiger partial charge < -0.3 is 0 Å². The van der Waals surface area contributed by atoms with Crippen molar-refractivity contribution in [1.29, 1.82) is 0 Å². The van der Waals surface area contributed by atoms with E-state index in [-0.39, 0.29) is 17.7 Å². The van der Waals surface area contributed by atoms with E-state index in [1.807, 2.05) is 0 Å². The molecule has 3 rings (SSSR count). The van der Waals surface area contributed by atoms with Gasteiger partial charge in [-0.25, -0.2) is 0 Å². The molecule has 0 unspecified atom stereocenters. The first-order valence-electron chi connectivity index (χ1n) is 7.00. The average molecular weight is 350 g/mol. The lowest BCUT2D eigenvalue weighted by Crippen LogP contribution is -2.29. The fourth-order valence-corrected chi connectivity index (χ4v) is 2.59. The van der Waals surface area contributed by atoms with Gasteiger partial charge in [-0.05, 0) is 23.8 Å². The van der Waals surface area contributed by atoms with Crippen molar-refractivity contribution >= 4 is 17.5 Å². The smallest absolute Gasteiger partial charge is 0.270 e. The first-order chi connectivity index (χ1) is 11.7. The molecule has 1 heterocycles. The number of nitro groups is 1. The van der Waals surface area contributed by atoms with Gasteiger partial charge in [0.15, 0.2) is 0 Å². The Morgan fingerprint density at radius 3 is 2.20 bits per heavy atom. The molecule has 6 nitrogen and oxygen atoms in total. The topological polar surface area (TPSA) is 80.5 Å². The molecule has 2 amide bonds. The number of carbonyl (C=O) groups excluding carboxylic acids is 2. The number of amides is 2. The summed E-state index contributed by atoms with van der Waals surface area (Å²) in [5.74, 6) is -1.56. The van der Waals surface area contributed by atoms with E-state index in [1.54, 1.807) is 0 Å². The van der Waals surface area contributed by atoms with Crippen LogP contribution in [0.25, 0.3) is 0 Å². The molecule has 0 aromatic heterocycles. The Balaban J connectivity index is 1.90. The number of nitrogens with zero attached hydrogens (tertiary/aromatic N) is 2. The average Bonchev–Trinajstić information content (AvgIpc) is 2.79. The highest BCUT2D eigenvalue weighted by Gasteiger charge is 2.40. The van der Waals surface area contributed by atoms with Crippen molar-refractivity contribution in [2.75, 3.05) is 0 Å². The van der Waals surface area contributed by atoms with Gasteiger partial charge in [0.25, 0.3) is 17.5 Å². The summed E-state index contributed by atoms with van der Waals surface area (Å²) in [5.41, 5.74) is -1.43. The first kappa shape index (κ1) is 16.6. The Labute approximate surface area is 138 Å². The summed E-state index contributed by atoms with van der Waals surface area (Å²) in [6.45, 7) is -0.276. The molecule has 128 valence electrons. The second-order valence-corrected chi connectivity index (χ2v) is 5.35. The highest BCUT2D eigenvalue weighted by atomic mass is 19.4. The maximum absolute atomic E-state index is 12.6. The van der Waals surface area contributed by atoms with E-state index in [1.165, 1.54) is 12.1 Å². The predicted octanol–water partition coefficient (Wildman–Crippen LogP) is 3.41. The number of rotatable bonds is 3. The van der Waals surface area contributed by atoms with Gasteiger partial charge in [-0.15, -0.1) is 0 Å². The number of imide groups is 1. The van der Waals surface area contributed by atoms with E-state index in [4.69, 9.17) is 0 Å². The van der Waals surface area contributed by atoms with Crippen molar-refractivity contribution in [3.8, 4) is 0 Å². The van der Waals surface area contributed by atoms with Crippen LogP contribution in [0.1, 0.15) is 31.8 Å². The second kappa shape index (κ2) is 5.69. The number of halogens is 3. The molecule has 9 heteroatoms. The summed E-state index contributed by atoms with van der Waals surface area (Å²) in [6.07, 6.45) is -4.49. The normalized spacial score (nSPS) is 14.0. The van der Waals surface area contributed by atoms with Gasteiger partial charge in [-0.1, -0.05) is 18.2 Å². The van der Waals surface area contributed by atoms with Crippen LogP contribution >= 0.6 is 0 Å². The van der Waals surface area contributed by atoms with Gasteiger partial charge in [0.1, 0.15) is 5.56 Å². The Bertz CT molecular complexity index is 891.